The highest BCUT2D eigenvalue weighted by Crippen LogP contribution is 2.18. The molecule has 0 radical (unpaired) electrons. The number of hydrogen-bond donors (Lipinski definition) is 2. The van der Waals surface area contributed by atoms with E-state index in [1.807, 2.05) is 0 Å². The number of likely N-dealkylation sites (N-methyl/N-ethyl adjacent to an activating group) is 1. The van der Waals surface area contributed by atoms with Gasteiger partial charge in [-0.2, -0.15) is 5.10 Å². The maximum atomic E-state index is 12.4. The Labute approximate surface area is 129 Å². The van der Waals surface area contributed by atoms with E-state index in [4.69, 9.17) is 0 Å². The predicted octanol–water partition coefficient (Wildman–Crippen LogP) is 0.723. The summed E-state index contributed by atoms with van der Waals surface area (Å²) in [6.45, 7) is 0. The van der Waals surface area contributed by atoms with Crippen LogP contribution >= 0.6 is 0 Å². The van der Waals surface area contributed by atoms with Crippen LogP contribution in [0.2, 0.25) is 0 Å². The standard InChI is InChI=1S/C14H18N4O3S/c1-15-13(10-8-16-18(2)9-10)14(19)17-11-5-4-6-12(7-11)22(3,20)21/h4-9,13,15H,1-3H3,(H,17,19). The van der Waals surface area contributed by atoms with E-state index in [0.717, 1.165) is 11.8 Å². The fourth-order valence-electron chi connectivity index (χ4n) is 2.06. The second-order valence-electron chi connectivity index (χ2n) is 4.96. The summed E-state index contributed by atoms with van der Waals surface area (Å²) in [6, 6.07) is 5.58. The van der Waals surface area contributed by atoms with Gasteiger partial charge in [0.15, 0.2) is 9.84 Å². The van der Waals surface area contributed by atoms with Crippen LogP contribution in [0.15, 0.2) is 41.6 Å². The summed E-state index contributed by atoms with van der Waals surface area (Å²) in [5, 5.41) is 9.66. The lowest BCUT2D eigenvalue weighted by molar-refractivity contribution is -0.118. The number of sulfone groups is 1. The predicted molar refractivity (Wildman–Crippen MR) is 83.2 cm³/mol. The number of nitrogens with zero attached hydrogens (tertiary/aromatic N) is 2. The molecule has 1 atom stereocenters. The van der Waals surface area contributed by atoms with Gasteiger partial charge in [-0.1, -0.05) is 6.07 Å². The number of aryl methyl sites for hydroxylation is 1. The van der Waals surface area contributed by atoms with Crippen LogP contribution in [-0.4, -0.2) is 37.4 Å². The van der Waals surface area contributed by atoms with E-state index >= 15 is 0 Å². The van der Waals surface area contributed by atoms with E-state index in [0.29, 0.717) is 5.69 Å². The fourth-order valence-corrected chi connectivity index (χ4v) is 2.72. The van der Waals surface area contributed by atoms with Gasteiger partial charge in [0.05, 0.1) is 11.1 Å². The van der Waals surface area contributed by atoms with Crippen LogP contribution in [0.25, 0.3) is 0 Å². The zero-order valence-electron chi connectivity index (χ0n) is 12.6. The average Bonchev–Trinajstić information content (AvgIpc) is 2.85. The molecule has 0 aliphatic carbocycles. The summed E-state index contributed by atoms with van der Waals surface area (Å²) >= 11 is 0. The zero-order valence-corrected chi connectivity index (χ0v) is 13.4. The molecular weight excluding hydrogens is 304 g/mol. The molecule has 7 nitrogen and oxygen atoms in total. The lowest BCUT2D eigenvalue weighted by Gasteiger charge is -2.15. The SMILES string of the molecule is CNC(C(=O)Nc1cccc(S(C)(=O)=O)c1)c1cnn(C)c1. The Morgan fingerprint density at radius 3 is 2.64 bits per heavy atom. The molecule has 1 aromatic carbocycles. The molecule has 0 aliphatic heterocycles. The minimum Gasteiger partial charge on any atom is -0.324 e. The van der Waals surface area contributed by atoms with Gasteiger partial charge < -0.3 is 10.6 Å². The van der Waals surface area contributed by atoms with E-state index in [9.17, 15) is 13.2 Å². The van der Waals surface area contributed by atoms with Crippen LogP contribution in [0.3, 0.4) is 0 Å². The second kappa shape index (κ2) is 6.29. The number of carbonyl (C=O) groups is 1. The van der Waals surface area contributed by atoms with Crippen molar-refractivity contribution in [3.8, 4) is 0 Å². The first-order valence-corrected chi connectivity index (χ1v) is 8.47. The normalized spacial score (nSPS) is 12.9. The Bertz CT molecular complexity index is 783. The van der Waals surface area contributed by atoms with Crippen LogP contribution in [0.4, 0.5) is 5.69 Å². The number of anilines is 1. The van der Waals surface area contributed by atoms with Gasteiger partial charge in [0.25, 0.3) is 0 Å². The third-order valence-corrected chi connectivity index (χ3v) is 4.25. The van der Waals surface area contributed by atoms with Crippen LogP contribution < -0.4 is 10.6 Å². The molecule has 0 aliphatic rings. The van der Waals surface area contributed by atoms with E-state index in [1.54, 1.807) is 43.3 Å². The molecule has 0 spiro atoms. The number of carbonyl (C=O) groups excluding carboxylic acids is 1. The van der Waals surface area contributed by atoms with Crippen molar-refractivity contribution >= 4 is 21.4 Å². The summed E-state index contributed by atoms with van der Waals surface area (Å²) in [5.41, 5.74) is 1.15. The van der Waals surface area contributed by atoms with Crippen molar-refractivity contribution in [1.82, 2.24) is 15.1 Å². The van der Waals surface area contributed by atoms with Crippen LogP contribution in [-0.2, 0) is 21.7 Å². The van der Waals surface area contributed by atoms with Gasteiger partial charge in [0, 0.05) is 30.8 Å². The molecule has 0 fully saturated rings. The van der Waals surface area contributed by atoms with Gasteiger partial charge in [0.2, 0.25) is 5.91 Å². The number of rotatable bonds is 5. The van der Waals surface area contributed by atoms with E-state index < -0.39 is 15.9 Å². The first-order chi connectivity index (χ1) is 10.3. The fraction of sp³-hybridized carbons (Fsp3) is 0.286. The summed E-state index contributed by atoms with van der Waals surface area (Å²) < 4.78 is 24.7. The molecule has 0 saturated heterocycles. The van der Waals surface area contributed by atoms with Crippen LogP contribution in [0.5, 0.6) is 0 Å². The molecule has 1 unspecified atom stereocenters. The smallest absolute Gasteiger partial charge is 0.246 e. The number of amides is 1. The Balaban J connectivity index is 2.21. The maximum absolute atomic E-state index is 12.4. The third kappa shape index (κ3) is 3.71. The molecule has 22 heavy (non-hydrogen) atoms. The van der Waals surface area contributed by atoms with Crippen molar-refractivity contribution in [2.45, 2.75) is 10.9 Å². The van der Waals surface area contributed by atoms with Crippen LogP contribution in [0.1, 0.15) is 11.6 Å². The minimum atomic E-state index is -3.32. The highest BCUT2D eigenvalue weighted by molar-refractivity contribution is 7.90. The minimum absolute atomic E-state index is 0.160. The molecule has 1 amide bonds. The van der Waals surface area contributed by atoms with Crippen molar-refractivity contribution < 1.29 is 13.2 Å². The largest absolute Gasteiger partial charge is 0.324 e. The molecule has 118 valence electrons. The van der Waals surface area contributed by atoms with Crippen molar-refractivity contribution in [2.24, 2.45) is 7.05 Å². The van der Waals surface area contributed by atoms with Crippen molar-refractivity contribution in [3.63, 3.8) is 0 Å². The van der Waals surface area contributed by atoms with Gasteiger partial charge in [-0.15, -0.1) is 0 Å². The summed E-state index contributed by atoms with van der Waals surface area (Å²) in [7, 11) is 0.122. The molecule has 2 aromatic rings. The summed E-state index contributed by atoms with van der Waals surface area (Å²) in [4.78, 5) is 12.5. The van der Waals surface area contributed by atoms with Gasteiger partial charge in [-0.25, -0.2) is 8.42 Å². The van der Waals surface area contributed by atoms with Gasteiger partial charge in [-0.05, 0) is 25.2 Å². The quantitative estimate of drug-likeness (QED) is 0.846. The Kier molecular flexibility index (Phi) is 4.62. The monoisotopic (exact) mass is 322 g/mol. The van der Waals surface area contributed by atoms with Crippen molar-refractivity contribution in [1.29, 1.82) is 0 Å². The number of hydrogen-bond acceptors (Lipinski definition) is 5. The van der Waals surface area contributed by atoms with Crippen molar-refractivity contribution in [3.05, 3.63) is 42.2 Å². The maximum Gasteiger partial charge on any atom is 0.246 e. The van der Waals surface area contributed by atoms with Gasteiger partial charge in [-0.3, -0.25) is 9.48 Å². The molecule has 0 bridgehead atoms. The van der Waals surface area contributed by atoms with Crippen molar-refractivity contribution in [2.75, 3.05) is 18.6 Å². The number of benzene rings is 1. The highest BCUT2D eigenvalue weighted by Gasteiger charge is 2.20. The number of nitrogens with one attached hydrogen (secondary N) is 2. The first-order valence-electron chi connectivity index (χ1n) is 6.58. The average molecular weight is 322 g/mol. The molecular formula is C14H18N4O3S. The zero-order chi connectivity index (χ0) is 16.3. The Morgan fingerprint density at radius 1 is 1.36 bits per heavy atom. The lowest BCUT2D eigenvalue weighted by atomic mass is 10.1. The third-order valence-electron chi connectivity index (χ3n) is 3.14. The van der Waals surface area contributed by atoms with Gasteiger partial charge >= 0.3 is 0 Å². The molecule has 1 heterocycles. The van der Waals surface area contributed by atoms with Crippen LogP contribution in [0, 0.1) is 0 Å². The molecule has 8 heteroatoms. The van der Waals surface area contributed by atoms with E-state index in [1.165, 1.54) is 12.1 Å². The van der Waals surface area contributed by atoms with Gasteiger partial charge in [0.1, 0.15) is 6.04 Å². The lowest BCUT2D eigenvalue weighted by Crippen LogP contribution is -2.30. The number of aromatic nitrogens is 2. The summed E-state index contributed by atoms with van der Waals surface area (Å²) in [6.07, 6.45) is 4.47. The highest BCUT2D eigenvalue weighted by atomic mass is 32.2. The molecule has 2 rings (SSSR count). The molecule has 0 saturated carbocycles. The topological polar surface area (TPSA) is 93.1 Å². The second-order valence-corrected chi connectivity index (χ2v) is 6.97. The molecule has 2 N–H and O–H groups in total. The van der Waals surface area contributed by atoms with E-state index in [2.05, 4.69) is 15.7 Å². The Morgan fingerprint density at radius 2 is 2.09 bits per heavy atom. The first kappa shape index (κ1) is 16.2. The molecule has 1 aromatic heterocycles. The summed E-state index contributed by atoms with van der Waals surface area (Å²) in [5.74, 6) is -0.291. The van der Waals surface area contributed by atoms with E-state index in [-0.39, 0.29) is 10.8 Å². The Hall–Kier alpha value is -2.19.